The second-order valence-corrected chi connectivity index (χ2v) is 11.4. The van der Waals surface area contributed by atoms with Crippen LogP contribution in [0.15, 0.2) is 65.4 Å². The highest BCUT2D eigenvalue weighted by molar-refractivity contribution is 6.22. The van der Waals surface area contributed by atoms with Crippen LogP contribution < -0.4 is 5.73 Å². The average Bonchev–Trinajstić information content (AvgIpc) is 2.91. The number of hydrogen-bond donors (Lipinski definition) is 5. The molecule has 9 nitrogen and oxygen atoms in total. The minimum absolute atomic E-state index is 0.0797. The Balaban J connectivity index is 1.54. The van der Waals surface area contributed by atoms with E-state index in [0.717, 1.165) is 34.0 Å². The predicted octanol–water partition coefficient (Wildman–Crippen LogP) is 3.31. The maximum Gasteiger partial charge on any atom is 0.255 e. The van der Waals surface area contributed by atoms with Gasteiger partial charge in [0.1, 0.15) is 22.8 Å². The zero-order valence-electron chi connectivity index (χ0n) is 22.6. The lowest BCUT2D eigenvalue weighted by atomic mass is 9.59. The molecule has 1 saturated carbocycles. The van der Waals surface area contributed by atoms with Gasteiger partial charge >= 0.3 is 0 Å². The normalized spacial score (nSPS) is 24.0. The van der Waals surface area contributed by atoms with Crippen LogP contribution in [0.3, 0.4) is 0 Å². The molecule has 3 aromatic rings. The summed E-state index contributed by atoms with van der Waals surface area (Å²) in [7, 11) is 4.00. The smallest absolute Gasteiger partial charge is 0.255 e. The molecule has 1 amide bonds. The van der Waals surface area contributed by atoms with Crippen LogP contribution in [-0.4, -0.2) is 62.5 Å². The van der Waals surface area contributed by atoms with Gasteiger partial charge in [-0.1, -0.05) is 42.5 Å². The van der Waals surface area contributed by atoms with Gasteiger partial charge in [0.25, 0.3) is 5.91 Å². The first-order valence-corrected chi connectivity index (χ1v) is 13.4. The Hall–Kier alpha value is -4.47. The molecular formula is C32H30N2O7. The van der Waals surface area contributed by atoms with Crippen LogP contribution in [0.25, 0.3) is 27.7 Å². The Bertz CT molecular complexity index is 1750. The summed E-state index contributed by atoms with van der Waals surface area (Å²) in [6.07, 6.45) is -0.0285. The van der Waals surface area contributed by atoms with Crippen LogP contribution in [0, 0.1) is 11.8 Å². The third kappa shape index (κ3) is 3.80. The molecule has 3 unspecified atom stereocenters. The molecule has 3 aromatic carbocycles. The standard InChI is InChI=1S/C32H30N2O7/c1-34(2)14-15-7-8-20(19-6-4-3-5-18(15)19)21-9-10-23(35)26-22(21)12-16-11-17-13-24(36)27(31(33)40)30(39)32(17,41)29(38)25(16)28(26)37/h3-10,16-17,35,37,39,41H,11-14H2,1-2H3,(H2,33,40). The van der Waals surface area contributed by atoms with E-state index in [4.69, 9.17) is 5.73 Å². The molecule has 0 radical (unpaired) electrons. The van der Waals surface area contributed by atoms with Crippen molar-refractivity contribution in [1.82, 2.24) is 4.90 Å². The number of Topliss-reactive ketones (excluding diaryl/α,β-unsaturated/α-hetero) is 2. The van der Waals surface area contributed by atoms with Crippen molar-refractivity contribution < 1.29 is 34.8 Å². The number of ketones is 2. The Morgan fingerprint density at radius 3 is 2.34 bits per heavy atom. The van der Waals surface area contributed by atoms with Crippen LogP contribution in [0.4, 0.5) is 0 Å². The number of carbonyl (C=O) groups is 3. The number of rotatable bonds is 4. The van der Waals surface area contributed by atoms with Crippen molar-refractivity contribution in [3.05, 3.63) is 82.1 Å². The highest BCUT2D eigenvalue weighted by Gasteiger charge is 2.60. The number of aromatic hydroxyl groups is 1. The van der Waals surface area contributed by atoms with E-state index in [0.29, 0.717) is 5.56 Å². The van der Waals surface area contributed by atoms with Crippen molar-refractivity contribution in [2.75, 3.05) is 14.1 Å². The first-order valence-electron chi connectivity index (χ1n) is 13.4. The van der Waals surface area contributed by atoms with Gasteiger partial charge in [-0.2, -0.15) is 0 Å². The number of hydrogen-bond acceptors (Lipinski definition) is 8. The minimum Gasteiger partial charge on any atom is -0.508 e. The second kappa shape index (κ2) is 9.29. The Kier molecular flexibility index (Phi) is 6.06. The third-order valence-corrected chi connectivity index (χ3v) is 8.74. The molecule has 1 fully saturated rings. The lowest BCUT2D eigenvalue weighted by Crippen LogP contribution is -2.58. The fraction of sp³-hybridized carbons (Fsp3) is 0.281. The number of fused-ring (bicyclic) bond motifs is 4. The topological polar surface area (TPSA) is 161 Å². The van der Waals surface area contributed by atoms with Gasteiger partial charge in [-0.15, -0.1) is 0 Å². The van der Waals surface area contributed by atoms with Gasteiger partial charge in [0.2, 0.25) is 5.78 Å². The summed E-state index contributed by atoms with van der Waals surface area (Å²) in [6, 6.07) is 15.3. The Morgan fingerprint density at radius 2 is 1.66 bits per heavy atom. The SMILES string of the molecule is CN(C)Cc1ccc(-c2ccc(O)c3c2CC2CC4CC(=O)C(C(N)=O)=C(O)C4(O)C(=O)C2=C3O)c2ccccc12. The van der Waals surface area contributed by atoms with Gasteiger partial charge in [-0.05, 0) is 71.9 Å². The van der Waals surface area contributed by atoms with Crippen molar-refractivity contribution in [2.45, 2.75) is 31.4 Å². The summed E-state index contributed by atoms with van der Waals surface area (Å²) in [5.74, 6) is -6.42. The number of aliphatic hydroxyl groups is 3. The number of primary amides is 1. The molecule has 0 aromatic heterocycles. The van der Waals surface area contributed by atoms with E-state index in [1.54, 1.807) is 6.07 Å². The van der Waals surface area contributed by atoms with E-state index in [-0.39, 0.29) is 36.1 Å². The minimum atomic E-state index is -2.58. The summed E-state index contributed by atoms with van der Waals surface area (Å²) in [5, 5.41) is 46.7. The molecule has 0 heterocycles. The van der Waals surface area contributed by atoms with Crippen molar-refractivity contribution in [3.63, 3.8) is 0 Å². The van der Waals surface area contributed by atoms with Gasteiger partial charge in [0.15, 0.2) is 11.4 Å². The Morgan fingerprint density at radius 1 is 0.976 bits per heavy atom. The quantitative estimate of drug-likeness (QED) is 0.307. The van der Waals surface area contributed by atoms with E-state index in [9.17, 15) is 34.8 Å². The van der Waals surface area contributed by atoms with E-state index in [2.05, 4.69) is 17.0 Å². The van der Waals surface area contributed by atoms with Crippen LogP contribution in [0.1, 0.15) is 29.5 Å². The molecule has 0 aliphatic heterocycles. The number of amides is 1. The van der Waals surface area contributed by atoms with Crippen molar-refractivity contribution in [3.8, 4) is 16.9 Å². The molecule has 6 rings (SSSR count). The third-order valence-electron chi connectivity index (χ3n) is 8.74. The maximum absolute atomic E-state index is 13.8. The molecule has 3 aliphatic rings. The molecule has 0 spiro atoms. The van der Waals surface area contributed by atoms with Crippen LogP contribution >= 0.6 is 0 Å². The average molecular weight is 555 g/mol. The lowest BCUT2D eigenvalue weighted by Gasteiger charge is -2.46. The highest BCUT2D eigenvalue weighted by Crippen LogP contribution is 2.53. The fourth-order valence-electron chi connectivity index (χ4n) is 6.95. The number of nitrogens with two attached hydrogens (primary N) is 1. The molecule has 0 saturated heterocycles. The van der Waals surface area contributed by atoms with E-state index in [1.807, 2.05) is 38.4 Å². The van der Waals surface area contributed by atoms with E-state index >= 15 is 0 Å². The molecule has 9 heteroatoms. The lowest BCUT2D eigenvalue weighted by molar-refractivity contribution is -0.147. The maximum atomic E-state index is 13.8. The van der Waals surface area contributed by atoms with Crippen molar-refractivity contribution >= 4 is 34.0 Å². The molecule has 6 N–H and O–H groups in total. The van der Waals surface area contributed by atoms with Gasteiger partial charge in [0, 0.05) is 24.5 Å². The predicted molar refractivity (Wildman–Crippen MR) is 152 cm³/mol. The molecule has 210 valence electrons. The van der Waals surface area contributed by atoms with Gasteiger partial charge in [-0.25, -0.2) is 0 Å². The van der Waals surface area contributed by atoms with Crippen molar-refractivity contribution in [2.24, 2.45) is 17.6 Å². The highest BCUT2D eigenvalue weighted by atomic mass is 16.3. The summed E-state index contributed by atoms with van der Waals surface area (Å²) in [4.78, 5) is 40.4. The molecule has 0 bridgehead atoms. The summed E-state index contributed by atoms with van der Waals surface area (Å²) in [5.41, 5.74) is 5.27. The van der Waals surface area contributed by atoms with Gasteiger partial charge in [-0.3, -0.25) is 14.4 Å². The molecule has 41 heavy (non-hydrogen) atoms. The van der Waals surface area contributed by atoms with Gasteiger partial charge < -0.3 is 31.1 Å². The van der Waals surface area contributed by atoms with E-state index < -0.39 is 52.0 Å². The number of phenolic OH excluding ortho intramolecular Hbond substituents is 1. The number of aliphatic hydroxyl groups excluding tert-OH is 2. The van der Waals surface area contributed by atoms with Crippen LogP contribution in [0.2, 0.25) is 0 Å². The number of nitrogens with zero attached hydrogens (tertiary/aromatic N) is 1. The fourth-order valence-corrected chi connectivity index (χ4v) is 6.95. The number of carbonyl (C=O) groups excluding carboxylic acids is 3. The first kappa shape index (κ1) is 26.7. The Labute approximate surface area is 235 Å². The summed E-state index contributed by atoms with van der Waals surface area (Å²) in [6.45, 7) is 0.743. The zero-order chi connectivity index (χ0) is 29.4. The monoisotopic (exact) mass is 554 g/mol. The van der Waals surface area contributed by atoms with Crippen LogP contribution in [-0.2, 0) is 27.3 Å². The molecule has 3 aliphatic carbocycles. The zero-order valence-corrected chi connectivity index (χ0v) is 22.6. The summed E-state index contributed by atoms with van der Waals surface area (Å²) >= 11 is 0. The van der Waals surface area contributed by atoms with Crippen LogP contribution in [0.5, 0.6) is 5.75 Å². The number of benzene rings is 3. The molecule has 3 atom stereocenters. The second-order valence-electron chi connectivity index (χ2n) is 11.4. The first-order chi connectivity index (χ1) is 19.4. The van der Waals surface area contributed by atoms with Crippen molar-refractivity contribution in [1.29, 1.82) is 0 Å². The largest absolute Gasteiger partial charge is 0.508 e. The number of phenols is 1. The van der Waals surface area contributed by atoms with E-state index in [1.165, 1.54) is 6.07 Å². The molecular weight excluding hydrogens is 524 g/mol. The van der Waals surface area contributed by atoms with Gasteiger partial charge in [0.05, 0.1) is 5.56 Å². The summed E-state index contributed by atoms with van der Waals surface area (Å²) < 4.78 is 0.